The van der Waals surface area contributed by atoms with E-state index in [1.807, 2.05) is 12.3 Å². The number of nitrogens with zero attached hydrogens (tertiary/aromatic N) is 1. The highest BCUT2D eigenvalue weighted by atomic mass is 32.1. The zero-order chi connectivity index (χ0) is 7.56. The van der Waals surface area contributed by atoms with Crippen LogP contribution in [0.25, 0.3) is 0 Å². The Morgan fingerprint density at radius 1 is 1.80 bits per heavy atom. The van der Waals surface area contributed by atoms with Crippen molar-refractivity contribution in [2.45, 2.75) is 13.0 Å². The summed E-state index contributed by atoms with van der Waals surface area (Å²) in [4.78, 5) is 3.99. The van der Waals surface area contributed by atoms with E-state index in [1.165, 1.54) is 11.3 Å². The van der Waals surface area contributed by atoms with Gasteiger partial charge in [0.05, 0.1) is 6.61 Å². The third-order valence-corrected chi connectivity index (χ3v) is 2.16. The maximum absolute atomic E-state index is 9.04. The molecule has 0 fully saturated rings. The highest BCUT2D eigenvalue weighted by Gasteiger charge is 2.08. The van der Waals surface area contributed by atoms with Gasteiger partial charge in [0.25, 0.3) is 0 Å². The summed E-state index contributed by atoms with van der Waals surface area (Å²) in [6.45, 7) is 1.59. The van der Waals surface area contributed by atoms with Crippen molar-refractivity contribution >= 4 is 11.3 Å². The highest BCUT2D eigenvalue weighted by Crippen LogP contribution is 2.16. The molecule has 4 heteroatoms. The summed E-state index contributed by atoms with van der Waals surface area (Å²) in [5.41, 5.74) is 0.882. The largest absolute Gasteiger partial charge is 0.393 e. The van der Waals surface area contributed by atoms with Crippen LogP contribution in [0.1, 0.15) is 16.8 Å². The first kappa shape index (κ1) is 7.65. The molecule has 0 spiro atoms. The number of rotatable bonds is 2. The average Bonchev–Trinajstić information content (AvgIpc) is 2.34. The number of thiazole rings is 1. The molecule has 1 aromatic rings. The third kappa shape index (κ3) is 1.53. The molecule has 0 saturated carbocycles. The molecule has 0 aromatic carbocycles. The Labute approximate surface area is 63.0 Å². The van der Waals surface area contributed by atoms with E-state index in [-0.39, 0.29) is 6.61 Å². The van der Waals surface area contributed by atoms with Gasteiger partial charge in [0, 0.05) is 11.1 Å². The fraction of sp³-hybridized carbons (Fsp3) is 0.500. The van der Waals surface area contributed by atoms with Crippen LogP contribution in [0.5, 0.6) is 0 Å². The Bertz CT molecular complexity index is 211. The number of hydrogen-bond acceptors (Lipinski definition) is 4. The van der Waals surface area contributed by atoms with Crippen LogP contribution in [0.2, 0.25) is 0 Å². The lowest BCUT2D eigenvalue weighted by Gasteiger charge is -1.99. The van der Waals surface area contributed by atoms with Gasteiger partial charge in [-0.1, -0.05) is 0 Å². The Balaban J connectivity index is 2.74. The van der Waals surface area contributed by atoms with Crippen molar-refractivity contribution in [1.29, 1.82) is 0 Å². The number of aromatic nitrogens is 1. The zero-order valence-electron chi connectivity index (χ0n) is 5.61. The van der Waals surface area contributed by atoms with E-state index in [1.54, 1.807) is 0 Å². The molecule has 1 heterocycles. The monoisotopic (exact) mass is 159 g/mol. The van der Waals surface area contributed by atoms with Crippen molar-refractivity contribution in [3.8, 4) is 0 Å². The van der Waals surface area contributed by atoms with Crippen molar-refractivity contribution in [3.05, 3.63) is 16.1 Å². The minimum Gasteiger partial charge on any atom is -0.393 e. The molecule has 10 heavy (non-hydrogen) atoms. The van der Waals surface area contributed by atoms with E-state index >= 15 is 0 Å². The first-order valence-corrected chi connectivity index (χ1v) is 3.83. The van der Waals surface area contributed by atoms with Crippen molar-refractivity contribution < 1.29 is 10.2 Å². The van der Waals surface area contributed by atoms with Gasteiger partial charge in [-0.25, -0.2) is 4.98 Å². The van der Waals surface area contributed by atoms with Gasteiger partial charge in [0.1, 0.15) is 11.1 Å². The summed E-state index contributed by atoms with van der Waals surface area (Å²) in [7, 11) is 0. The minimum absolute atomic E-state index is 0.257. The van der Waals surface area contributed by atoms with Crippen LogP contribution in [0.15, 0.2) is 5.38 Å². The van der Waals surface area contributed by atoms with E-state index in [4.69, 9.17) is 10.2 Å². The lowest BCUT2D eigenvalue weighted by molar-refractivity contribution is 0.0953. The summed E-state index contributed by atoms with van der Waals surface area (Å²) in [5, 5.41) is 20.0. The number of aryl methyl sites for hydroxylation is 1. The molecule has 2 N–H and O–H groups in total. The molecule has 1 rings (SSSR count). The van der Waals surface area contributed by atoms with Crippen LogP contribution < -0.4 is 0 Å². The highest BCUT2D eigenvalue weighted by molar-refractivity contribution is 7.09. The van der Waals surface area contributed by atoms with Crippen LogP contribution in [0, 0.1) is 6.92 Å². The molecule has 0 saturated heterocycles. The summed E-state index contributed by atoms with van der Waals surface area (Å²) in [6.07, 6.45) is -0.807. The van der Waals surface area contributed by atoms with Crippen molar-refractivity contribution in [3.63, 3.8) is 0 Å². The first-order chi connectivity index (χ1) is 4.74. The summed E-state index contributed by atoms with van der Waals surface area (Å²) < 4.78 is 0. The topological polar surface area (TPSA) is 53.4 Å². The van der Waals surface area contributed by atoms with Gasteiger partial charge in [-0.2, -0.15) is 0 Å². The normalized spacial score (nSPS) is 13.5. The second-order valence-corrected chi connectivity index (χ2v) is 2.92. The van der Waals surface area contributed by atoms with Crippen molar-refractivity contribution in [1.82, 2.24) is 4.98 Å². The maximum atomic E-state index is 9.04. The molecule has 0 aliphatic carbocycles. The van der Waals surface area contributed by atoms with E-state index < -0.39 is 6.10 Å². The maximum Gasteiger partial charge on any atom is 0.128 e. The Morgan fingerprint density at radius 3 is 2.90 bits per heavy atom. The van der Waals surface area contributed by atoms with E-state index in [2.05, 4.69) is 4.98 Å². The summed E-state index contributed by atoms with van der Waals surface area (Å²) in [5.74, 6) is 0. The summed E-state index contributed by atoms with van der Waals surface area (Å²) >= 11 is 1.36. The molecule has 0 aliphatic heterocycles. The molecule has 3 nitrogen and oxygen atoms in total. The predicted molar refractivity (Wildman–Crippen MR) is 38.9 cm³/mol. The second-order valence-electron chi connectivity index (χ2n) is 2.03. The first-order valence-electron chi connectivity index (χ1n) is 2.95. The van der Waals surface area contributed by atoms with Gasteiger partial charge in [-0.05, 0) is 6.92 Å². The molecule has 0 bridgehead atoms. The molecule has 0 radical (unpaired) electrons. The molecule has 0 aliphatic rings. The lowest BCUT2D eigenvalue weighted by atomic mass is 10.4. The zero-order valence-corrected chi connectivity index (χ0v) is 6.43. The van der Waals surface area contributed by atoms with Gasteiger partial charge >= 0.3 is 0 Å². The van der Waals surface area contributed by atoms with E-state index in [9.17, 15) is 0 Å². The van der Waals surface area contributed by atoms with Crippen LogP contribution >= 0.6 is 11.3 Å². The fourth-order valence-electron chi connectivity index (χ4n) is 0.603. The minimum atomic E-state index is -0.807. The predicted octanol–water partition coefficient (Wildman–Crippen LogP) is 0.477. The molecule has 1 aromatic heterocycles. The molecular formula is C6H9NO2S. The molecule has 1 atom stereocenters. The third-order valence-electron chi connectivity index (χ3n) is 1.09. The van der Waals surface area contributed by atoms with Crippen LogP contribution in [0.3, 0.4) is 0 Å². The second kappa shape index (κ2) is 3.09. The lowest BCUT2D eigenvalue weighted by Crippen LogP contribution is -2.01. The standard InChI is InChI=1S/C6H9NO2S/c1-4-3-10-6(7-4)5(9)2-8/h3,5,8-9H,2H2,1H3. The molecule has 1 unspecified atom stereocenters. The van der Waals surface area contributed by atoms with Gasteiger partial charge in [0.15, 0.2) is 0 Å². The number of aliphatic hydroxyl groups is 2. The quantitative estimate of drug-likeness (QED) is 0.659. The van der Waals surface area contributed by atoms with E-state index in [0.717, 1.165) is 5.69 Å². The van der Waals surface area contributed by atoms with Crippen molar-refractivity contribution in [2.75, 3.05) is 6.61 Å². The van der Waals surface area contributed by atoms with Crippen LogP contribution in [0.4, 0.5) is 0 Å². The number of hydrogen-bond donors (Lipinski definition) is 2. The van der Waals surface area contributed by atoms with E-state index in [0.29, 0.717) is 5.01 Å². The number of aliphatic hydroxyl groups excluding tert-OH is 2. The van der Waals surface area contributed by atoms with Gasteiger partial charge in [-0.3, -0.25) is 0 Å². The van der Waals surface area contributed by atoms with Gasteiger partial charge in [-0.15, -0.1) is 11.3 Å². The summed E-state index contributed by atoms with van der Waals surface area (Å²) in [6, 6.07) is 0. The van der Waals surface area contributed by atoms with Crippen molar-refractivity contribution in [2.24, 2.45) is 0 Å². The van der Waals surface area contributed by atoms with Gasteiger partial charge < -0.3 is 10.2 Å². The Kier molecular flexibility index (Phi) is 2.37. The molecular weight excluding hydrogens is 150 g/mol. The van der Waals surface area contributed by atoms with Crippen LogP contribution in [-0.2, 0) is 0 Å². The average molecular weight is 159 g/mol. The fourth-order valence-corrected chi connectivity index (χ4v) is 1.38. The molecule has 0 amide bonds. The van der Waals surface area contributed by atoms with Crippen LogP contribution in [-0.4, -0.2) is 21.8 Å². The smallest absolute Gasteiger partial charge is 0.128 e. The SMILES string of the molecule is Cc1csc(C(O)CO)n1. The van der Waals surface area contributed by atoms with Gasteiger partial charge in [0.2, 0.25) is 0 Å². The Hall–Kier alpha value is -0.450. The Morgan fingerprint density at radius 2 is 2.50 bits per heavy atom. The molecule has 56 valence electrons.